The van der Waals surface area contributed by atoms with Gasteiger partial charge in [0.15, 0.2) is 11.5 Å². The molecular weight excluding hydrogens is 282 g/mol. The Kier molecular flexibility index (Phi) is 5.25. The quantitative estimate of drug-likeness (QED) is 0.889. The van der Waals surface area contributed by atoms with Gasteiger partial charge in [-0.3, -0.25) is 4.79 Å². The summed E-state index contributed by atoms with van der Waals surface area (Å²) >= 11 is 0. The Hall–Kier alpha value is -2.69. The molecule has 0 bridgehead atoms. The smallest absolute Gasteiger partial charge is 0.255 e. The molecule has 0 saturated carbocycles. The van der Waals surface area contributed by atoms with Crippen LogP contribution in [0.15, 0.2) is 42.5 Å². The molecule has 0 aliphatic heterocycles. The number of carbonyl (C=O) groups is 1. The molecule has 0 saturated heterocycles. The lowest BCUT2D eigenvalue weighted by Crippen LogP contribution is -2.13. The van der Waals surface area contributed by atoms with Gasteiger partial charge in [0.25, 0.3) is 5.91 Å². The molecule has 0 aliphatic carbocycles. The van der Waals surface area contributed by atoms with Crippen LogP contribution in [0.25, 0.3) is 0 Å². The maximum Gasteiger partial charge on any atom is 0.255 e. The van der Waals surface area contributed by atoms with Crippen LogP contribution in [0, 0.1) is 0 Å². The second-order valence-corrected chi connectivity index (χ2v) is 4.45. The van der Waals surface area contributed by atoms with Gasteiger partial charge in [0.05, 0.1) is 26.5 Å². The Balaban J connectivity index is 2.22. The van der Waals surface area contributed by atoms with Gasteiger partial charge in [-0.1, -0.05) is 12.1 Å². The second kappa shape index (κ2) is 7.36. The van der Waals surface area contributed by atoms with Gasteiger partial charge in [0.1, 0.15) is 5.75 Å². The highest BCUT2D eigenvalue weighted by Crippen LogP contribution is 2.29. The zero-order valence-corrected chi connectivity index (χ0v) is 12.9. The molecule has 5 nitrogen and oxygen atoms in total. The third-order valence-corrected chi connectivity index (χ3v) is 3.08. The monoisotopic (exact) mass is 301 g/mol. The number of carbonyl (C=O) groups excluding carboxylic acids is 1. The average molecular weight is 301 g/mol. The molecule has 2 aromatic rings. The second-order valence-electron chi connectivity index (χ2n) is 4.45. The van der Waals surface area contributed by atoms with Gasteiger partial charge in [0.2, 0.25) is 0 Å². The molecule has 2 rings (SSSR count). The summed E-state index contributed by atoms with van der Waals surface area (Å²) in [5.41, 5.74) is 1.09. The first-order chi connectivity index (χ1) is 10.7. The van der Waals surface area contributed by atoms with Crippen molar-refractivity contribution in [2.45, 2.75) is 6.92 Å². The standard InChI is InChI=1S/C17H19NO4/c1-4-22-15-10-9-12(11-16(15)21-3)17(19)18-13-7-5-6-8-14(13)20-2/h5-11H,4H2,1-3H3,(H,18,19). The summed E-state index contributed by atoms with van der Waals surface area (Å²) in [6, 6.07) is 12.3. The first-order valence-electron chi connectivity index (χ1n) is 6.94. The fourth-order valence-electron chi connectivity index (χ4n) is 2.03. The predicted molar refractivity (Wildman–Crippen MR) is 85.1 cm³/mol. The fourth-order valence-corrected chi connectivity index (χ4v) is 2.03. The van der Waals surface area contributed by atoms with E-state index < -0.39 is 0 Å². The Bertz CT molecular complexity index is 655. The van der Waals surface area contributed by atoms with Gasteiger partial charge in [-0.15, -0.1) is 0 Å². The highest BCUT2D eigenvalue weighted by atomic mass is 16.5. The highest BCUT2D eigenvalue weighted by Gasteiger charge is 2.13. The minimum absolute atomic E-state index is 0.245. The fraction of sp³-hybridized carbons (Fsp3) is 0.235. The van der Waals surface area contributed by atoms with Crippen molar-refractivity contribution in [1.29, 1.82) is 0 Å². The lowest BCUT2D eigenvalue weighted by Gasteiger charge is -2.12. The molecule has 0 atom stereocenters. The van der Waals surface area contributed by atoms with Gasteiger partial charge in [-0.2, -0.15) is 0 Å². The number of hydrogen-bond donors (Lipinski definition) is 1. The molecule has 1 amide bonds. The zero-order chi connectivity index (χ0) is 15.9. The van der Waals surface area contributed by atoms with Crippen LogP contribution in [0.2, 0.25) is 0 Å². The topological polar surface area (TPSA) is 56.8 Å². The van der Waals surface area contributed by atoms with Gasteiger partial charge in [-0.25, -0.2) is 0 Å². The van der Waals surface area contributed by atoms with E-state index in [1.54, 1.807) is 44.6 Å². The van der Waals surface area contributed by atoms with Crippen molar-refractivity contribution < 1.29 is 19.0 Å². The molecule has 0 fully saturated rings. The summed E-state index contributed by atoms with van der Waals surface area (Å²) in [6.45, 7) is 2.42. The summed E-state index contributed by atoms with van der Waals surface area (Å²) in [5, 5.41) is 2.82. The van der Waals surface area contributed by atoms with E-state index in [1.165, 1.54) is 0 Å². The van der Waals surface area contributed by atoms with Crippen LogP contribution in [0.4, 0.5) is 5.69 Å². The van der Waals surface area contributed by atoms with E-state index >= 15 is 0 Å². The Labute approximate surface area is 129 Å². The van der Waals surface area contributed by atoms with Crippen molar-refractivity contribution in [1.82, 2.24) is 0 Å². The third kappa shape index (κ3) is 3.49. The van der Waals surface area contributed by atoms with Crippen molar-refractivity contribution in [3.63, 3.8) is 0 Å². The van der Waals surface area contributed by atoms with Crippen LogP contribution >= 0.6 is 0 Å². The first kappa shape index (κ1) is 15.7. The number of nitrogens with one attached hydrogen (secondary N) is 1. The zero-order valence-electron chi connectivity index (χ0n) is 12.9. The Morgan fingerprint density at radius 2 is 1.73 bits per heavy atom. The summed E-state index contributed by atoms with van der Waals surface area (Å²) < 4.78 is 15.9. The highest BCUT2D eigenvalue weighted by molar-refractivity contribution is 6.05. The molecule has 0 radical (unpaired) electrons. The van der Waals surface area contributed by atoms with Gasteiger partial charge in [0, 0.05) is 5.56 Å². The third-order valence-electron chi connectivity index (χ3n) is 3.08. The molecule has 0 aromatic heterocycles. The van der Waals surface area contributed by atoms with Gasteiger partial charge in [-0.05, 0) is 37.3 Å². The molecule has 116 valence electrons. The number of anilines is 1. The molecule has 5 heteroatoms. The average Bonchev–Trinajstić information content (AvgIpc) is 2.56. The molecule has 0 unspecified atom stereocenters. The summed E-state index contributed by atoms with van der Waals surface area (Å²) in [6.07, 6.45) is 0. The number of ether oxygens (including phenoxy) is 3. The van der Waals surface area contributed by atoms with E-state index in [9.17, 15) is 4.79 Å². The van der Waals surface area contributed by atoms with Crippen LogP contribution in [0.5, 0.6) is 17.2 Å². The Morgan fingerprint density at radius 3 is 2.41 bits per heavy atom. The molecule has 0 spiro atoms. The van der Waals surface area contributed by atoms with Crippen molar-refractivity contribution in [3.8, 4) is 17.2 Å². The molecule has 22 heavy (non-hydrogen) atoms. The van der Waals surface area contributed by atoms with E-state index in [0.717, 1.165) is 0 Å². The number of hydrogen-bond acceptors (Lipinski definition) is 4. The maximum atomic E-state index is 12.4. The van der Waals surface area contributed by atoms with Crippen LogP contribution < -0.4 is 19.5 Å². The maximum absolute atomic E-state index is 12.4. The SMILES string of the molecule is CCOc1ccc(C(=O)Nc2ccccc2OC)cc1OC. The van der Waals surface area contributed by atoms with Crippen LogP contribution in [-0.2, 0) is 0 Å². The lowest BCUT2D eigenvalue weighted by molar-refractivity contribution is 0.102. The van der Waals surface area contributed by atoms with E-state index in [-0.39, 0.29) is 5.91 Å². The van der Waals surface area contributed by atoms with E-state index in [2.05, 4.69) is 5.32 Å². The van der Waals surface area contributed by atoms with E-state index in [1.807, 2.05) is 19.1 Å². The summed E-state index contributed by atoms with van der Waals surface area (Å²) in [5.74, 6) is 1.49. The molecule has 0 heterocycles. The summed E-state index contributed by atoms with van der Waals surface area (Å²) in [7, 11) is 3.10. The van der Waals surface area contributed by atoms with Crippen LogP contribution in [0.3, 0.4) is 0 Å². The van der Waals surface area contributed by atoms with Crippen LogP contribution in [0.1, 0.15) is 17.3 Å². The number of amides is 1. The number of methoxy groups -OCH3 is 2. The molecular formula is C17H19NO4. The van der Waals surface area contributed by atoms with Crippen molar-refractivity contribution in [3.05, 3.63) is 48.0 Å². The van der Waals surface area contributed by atoms with Crippen molar-refractivity contribution in [2.24, 2.45) is 0 Å². The minimum atomic E-state index is -0.245. The molecule has 1 N–H and O–H groups in total. The molecule has 0 aliphatic rings. The lowest BCUT2D eigenvalue weighted by atomic mass is 10.1. The van der Waals surface area contributed by atoms with Crippen LogP contribution in [-0.4, -0.2) is 26.7 Å². The van der Waals surface area contributed by atoms with E-state index in [0.29, 0.717) is 35.1 Å². The number of benzene rings is 2. The van der Waals surface area contributed by atoms with Crippen molar-refractivity contribution in [2.75, 3.05) is 26.1 Å². The first-order valence-corrected chi connectivity index (χ1v) is 6.94. The van der Waals surface area contributed by atoms with Gasteiger partial charge < -0.3 is 19.5 Å². The number of para-hydroxylation sites is 2. The minimum Gasteiger partial charge on any atom is -0.495 e. The molecule has 2 aromatic carbocycles. The van der Waals surface area contributed by atoms with Gasteiger partial charge >= 0.3 is 0 Å². The predicted octanol–water partition coefficient (Wildman–Crippen LogP) is 3.35. The van der Waals surface area contributed by atoms with Crippen molar-refractivity contribution >= 4 is 11.6 Å². The largest absolute Gasteiger partial charge is 0.495 e. The van der Waals surface area contributed by atoms with E-state index in [4.69, 9.17) is 14.2 Å². The normalized spacial score (nSPS) is 9.95. The Morgan fingerprint density at radius 1 is 1.00 bits per heavy atom. The number of rotatable bonds is 6. The summed E-state index contributed by atoms with van der Waals surface area (Å²) in [4.78, 5) is 12.4.